The molecule has 1 aromatic carbocycles. The standard InChI is InChI=1S/C17H13N7S/c1-10-7-15(20-14-6-4-3-5-13(10)14)24-16(12(8-18)9-19-24)21-17-23-22-11(2)25-17/h3-7,9H,1-2H3,(H,21,23). The molecule has 0 fully saturated rings. The van der Waals surface area contributed by atoms with Crippen LogP contribution >= 0.6 is 11.3 Å². The molecule has 0 radical (unpaired) electrons. The largest absolute Gasteiger partial charge is 0.313 e. The summed E-state index contributed by atoms with van der Waals surface area (Å²) in [5.41, 5.74) is 2.39. The van der Waals surface area contributed by atoms with E-state index in [4.69, 9.17) is 0 Å². The van der Waals surface area contributed by atoms with Crippen molar-refractivity contribution in [2.75, 3.05) is 5.32 Å². The monoisotopic (exact) mass is 347 g/mol. The number of rotatable bonds is 3. The number of anilines is 2. The molecule has 4 rings (SSSR count). The predicted molar refractivity (Wildman–Crippen MR) is 96.2 cm³/mol. The zero-order valence-corrected chi connectivity index (χ0v) is 14.4. The van der Waals surface area contributed by atoms with Crippen LogP contribution in [0.25, 0.3) is 16.7 Å². The number of para-hydroxylation sites is 1. The van der Waals surface area contributed by atoms with Crippen molar-refractivity contribution in [3.8, 4) is 11.9 Å². The van der Waals surface area contributed by atoms with E-state index in [1.54, 1.807) is 4.68 Å². The van der Waals surface area contributed by atoms with Crippen LogP contribution < -0.4 is 5.32 Å². The van der Waals surface area contributed by atoms with Gasteiger partial charge < -0.3 is 5.32 Å². The Kier molecular flexibility index (Phi) is 3.63. The molecule has 0 amide bonds. The highest BCUT2D eigenvalue weighted by Crippen LogP contribution is 2.27. The average molecular weight is 347 g/mol. The van der Waals surface area contributed by atoms with Gasteiger partial charge in [-0.3, -0.25) is 0 Å². The third-order valence-corrected chi connectivity index (χ3v) is 4.52. The molecule has 3 heterocycles. The van der Waals surface area contributed by atoms with Crippen molar-refractivity contribution in [3.63, 3.8) is 0 Å². The molecule has 1 N–H and O–H groups in total. The molecule has 0 aliphatic rings. The van der Waals surface area contributed by atoms with Crippen LogP contribution in [0.2, 0.25) is 0 Å². The molecular weight excluding hydrogens is 334 g/mol. The van der Waals surface area contributed by atoms with Crippen molar-refractivity contribution in [3.05, 3.63) is 52.7 Å². The molecule has 7 nitrogen and oxygen atoms in total. The van der Waals surface area contributed by atoms with Gasteiger partial charge in [-0.25, -0.2) is 4.98 Å². The third-order valence-electron chi connectivity index (χ3n) is 3.77. The first-order chi connectivity index (χ1) is 12.2. The first kappa shape index (κ1) is 15.2. The van der Waals surface area contributed by atoms with E-state index in [2.05, 4.69) is 31.7 Å². The van der Waals surface area contributed by atoms with E-state index in [1.807, 2.05) is 44.2 Å². The molecule has 8 heteroatoms. The Morgan fingerprint density at radius 2 is 2.04 bits per heavy atom. The average Bonchev–Trinajstić information content (AvgIpc) is 3.21. The number of benzene rings is 1. The smallest absolute Gasteiger partial charge is 0.211 e. The number of aryl methyl sites for hydroxylation is 2. The molecule has 0 saturated heterocycles. The van der Waals surface area contributed by atoms with Crippen LogP contribution in [0.15, 0.2) is 36.5 Å². The van der Waals surface area contributed by atoms with Gasteiger partial charge in [0.15, 0.2) is 11.6 Å². The fourth-order valence-electron chi connectivity index (χ4n) is 2.61. The van der Waals surface area contributed by atoms with Crippen molar-refractivity contribution < 1.29 is 0 Å². The summed E-state index contributed by atoms with van der Waals surface area (Å²) in [6.07, 6.45) is 1.52. The number of fused-ring (bicyclic) bond motifs is 1. The lowest BCUT2D eigenvalue weighted by Crippen LogP contribution is -2.06. The first-order valence-electron chi connectivity index (χ1n) is 7.58. The van der Waals surface area contributed by atoms with E-state index in [0.29, 0.717) is 22.3 Å². The lowest BCUT2D eigenvalue weighted by Gasteiger charge is -2.10. The number of aromatic nitrogens is 5. The minimum atomic E-state index is 0.417. The van der Waals surface area contributed by atoms with Gasteiger partial charge in [-0.1, -0.05) is 29.5 Å². The van der Waals surface area contributed by atoms with Gasteiger partial charge in [-0.15, -0.1) is 10.2 Å². The maximum atomic E-state index is 9.39. The highest BCUT2D eigenvalue weighted by Gasteiger charge is 2.16. The van der Waals surface area contributed by atoms with E-state index in [1.165, 1.54) is 17.5 Å². The van der Waals surface area contributed by atoms with Gasteiger partial charge in [0.1, 0.15) is 16.6 Å². The minimum absolute atomic E-state index is 0.417. The molecule has 0 atom stereocenters. The van der Waals surface area contributed by atoms with Gasteiger partial charge in [0, 0.05) is 5.39 Å². The number of nitrogens with one attached hydrogen (secondary N) is 1. The zero-order valence-electron chi connectivity index (χ0n) is 13.6. The van der Waals surface area contributed by atoms with Crippen molar-refractivity contribution in [2.45, 2.75) is 13.8 Å². The Morgan fingerprint density at radius 1 is 1.20 bits per heavy atom. The minimum Gasteiger partial charge on any atom is -0.313 e. The second-order valence-corrected chi connectivity index (χ2v) is 6.68. The van der Waals surface area contributed by atoms with Crippen LogP contribution in [-0.4, -0.2) is 25.0 Å². The van der Waals surface area contributed by atoms with Crippen molar-refractivity contribution in [2.24, 2.45) is 0 Å². The molecular formula is C17H13N7S. The molecule has 0 bridgehead atoms. The zero-order chi connectivity index (χ0) is 17.4. The van der Waals surface area contributed by atoms with Gasteiger partial charge in [-0.05, 0) is 31.5 Å². The Labute approximate surface area is 147 Å². The third kappa shape index (κ3) is 2.70. The first-order valence-corrected chi connectivity index (χ1v) is 8.39. The Hall–Kier alpha value is -3.31. The van der Waals surface area contributed by atoms with Gasteiger partial charge in [0.2, 0.25) is 5.13 Å². The summed E-state index contributed by atoms with van der Waals surface area (Å²) in [5.74, 6) is 1.17. The molecule has 3 aromatic heterocycles. The summed E-state index contributed by atoms with van der Waals surface area (Å²) >= 11 is 1.41. The summed E-state index contributed by atoms with van der Waals surface area (Å²) in [4.78, 5) is 4.68. The maximum Gasteiger partial charge on any atom is 0.211 e. The Morgan fingerprint density at radius 3 is 2.80 bits per heavy atom. The van der Waals surface area contributed by atoms with Crippen molar-refractivity contribution >= 4 is 33.2 Å². The molecule has 0 aliphatic carbocycles. The number of nitriles is 1. The van der Waals surface area contributed by atoms with Crippen molar-refractivity contribution in [1.82, 2.24) is 25.0 Å². The normalized spacial score (nSPS) is 10.8. The summed E-state index contributed by atoms with van der Waals surface area (Å²) in [6, 6.07) is 12.0. The highest BCUT2D eigenvalue weighted by atomic mass is 32.1. The Bertz CT molecular complexity index is 1120. The van der Waals surface area contributed by atoms with Gasteiger partial charge in [0.25, 0.3) is 0 Å². The molecule has 25 heavy (non-hydrogen) atoms. The van der Waals surface area contributed by atoms with Crippen molar-refractivity contribution in [1.29, 1.82) is 5.26 Å². The quantitative estimate of drug-likeness (QED) is 0.610. The lowest BCUT2D eigenvalue weighted by atomic mass is 10.1. The SMILES string of the molecule is Cc1nnc(Nc2c(C#N)cnn2-c2cc(C)c3ccccc3n2)s1. The highest BCUT2D eigenvalue weighted by molar-refractivity contribution is 7.15. The van der Waals surface area contributed by atoms with Gasteiger partial charge >= 0.3 is 0 Å². The van der Waals surface area contributed by atoms with E-state index in [0.717, 1.165) is 21.5 Å². The predicted octanol–water partition coefficient (Wildman–Crippen LogP) is 3.50. The second-order valence-electron chi connectivity index (χ2n) is 5.50. The molecule has 0 saturated carbocycles. The maximum absolute atomic E-state index is 9.39. The molecule has 0 aliphatic heterocycles. The summed E-state index contributed by atoms with van der Waals surface area (Å²) in [6.45, 7) is 3.91. The van der Waals surface area contributed by atoms with Gasteiger partial charge in [-0.2, -0.15) is 15.0 Å². The van der Waals surface area contributed by atoms with Crippen LogP contribution in [0.1, 0.15) is 16.1 Å². The molecule has 122 valence electrons. The van der Waals surface area contributed by atoms with Crippen LogP contribution in [0.4, 0.5) is 10.9 Å². The molecule has 0 unspecified atom stereocenters. The topological polar surface area (TPSA) is 92.3 Å². The fraction of sp³-hybridized carbons (Fsp3) is 0.118. The van der Waals surface area contributed by atoms with E-state index in [9.17, 15) is 5.26 Å². The van der Waals surface area contributed by atoms with Crippen LogP contribution in [0.3, 0.4) is 0 Å². The summed E-state index contributed by atoms with van der Waals surface area (Å²) in [7, 11) is 0. The second kappa shape index (κ2) is 5.96. The molecule has 0 spiro atoms. The van der Waals surface area contributed by atoms with Crippen LogP contribution in [0, 0.1) is 25.2 Å². The van der Waals surface area contributed by atoms with E-state index >= 15 is 0 Å². The van der Waals surface area contributed by atoms with Crippen LogP contribution in [0.5, 0.6) is 0 Å². The van der Waals surface area contributed by atoms with Crippen LogP contribution in [-0.2, 0) is 0 Å². The Balaban J connectivity index is 1.86. The lowest BCUT2D eigenvalue weighted by molar-refractivity contribution is 0.857. The number of hydrogen-bond acceptors (Lipinski definition) is 7. The number of hydrogen-bond donors (Lipinski definition) is 1. The van der Waals surface area contributed by atoms with Gasteiger partial charge in [0.05, 0.1) is 11.7 Å². The summed E-state index contributed by atoms with van der Waals surface area (Å²) < 4.78 is 1.62. The van der Waals surface area contributed by atoms with E-state index < -0.39 is 0 Å². The van der Waals surface area contributed by atoms with E-state index in [-0.39, 0.29) is 0 Å². The number of nitrogens with zero attached hydrogens (tertiary/aromatic N) is 6. The number of pyridine rings is 1. The summed E-state index contributed by atoms with van der Waals surface area (Å²) in [5, 5.41) is 27.4. The molecule has 4 aromatic rings. The fourth-order valence-corrected chi connectivity index (χ4v) is 3.20.